The average Bonchev–Trinajstić information content (AvgIpc) is 2.83. The second kappa shape index (κ2) is 10.3. The Bertz CT molecular complexity index is 1040. The van der Waals surface area contributed by atoms with Crippen molar-refractivity contribution in [1.82, 2.24) is 15.0 Å². The van der Waals surface area contributed by atoms with E-state index >= 15 is 0 Å². The molecule has 10 nitrogen and oxygen atoms in total. The molecule has 0 unspecified atom stereocenters. The second-order valence-corrected chi connectivity index (χ2v) is 10.4. The molecule has 4 rings (SSSR count). The third-order valence-electron chi connectivity index (χ3n) is 5.82. The fourth-order valence-electron chi connectivity index (χ4n) is 4.07. The first-order chi connectivity index (χ1) is 15.9. The van der Waals surface area contributed by atoms with Gasteiger partial charge in [-0.1, -0.05) is 12.1 Å². The van der Waals surface area contributed by atoms with Crippen LogP contribution in [0.25, 0.3) is 0 Å². The zero-order valence-corrected chi connectivity index (χ0v) is 20.1. The van der Waals surface area contributed by atoms with E-state index in [9.17, 15) is 8.42 Å². The van der Waals surface area contributed by atoms with Crippen molar-refractivity contribution in [3.8, 4) is 0 Å². The minimum atomic E-state index is -3.31. The second-order valence-electron chi connectivity index (χ2n) is 8.62. The van der Waals surface area contributed by atoms with Gasteiger partial charge in [-0.2, -0.15) is 20.1 Å². The lowest BCUT2D eigenvalue weighted by Crippen LogP contribution is -2.34. The lowest BCUT2D eigenvalue weighted by atomic mass is 10.1. The molecule has 2 saturated heterocycles. The Hall–Kier alpha value is -2.95. The van der Waals surface area contributed by atoms with Gasteiger partial charge in [-0.25, -0.2) is 13.8 Å². The first kappa shape index (κ1) is 23.2. The number of rotatable bonds is 7. The van der Waals surface area contributed by atoms with E-state index in [1.165, 1.54) is 12.8 Å². The van der Waals surface area contributed by atoms with Gasteiger partial charge in [0.25, 0.3) is 0 Å². The molecule has 178 valence electrons. The molecule has 0 saturated carbocycles. The summed E-state index contributed by atoms with van der Waals surface area (Å²) in [5, 5.41) is 4.48. The highest BCUT2D eigenvalue weighted by Crippen LogP contribution is 2.22. The quantitative estimate of drug-likeness (QED) is 0.467. The minimum absolute atomic E-state index is 0.431. The summed E-state index contributed by atoms with van der Waals surface area (Å²) in [6.45, 7) is 5.71. The number of piperidine rings is 2. The maximum absolute atomic E-state index is 11.4. The van der Waals surface area contributed by atoms with Crippen LogP contribution < -0.4 is 19.9 Å². The SMILES string of the molecule is CC(=NNc1nc(N2CCCCC2)nc(N2CCCCC2)n1)c1ccc(NS(C)(=O)=O)cc1. The summed E-state index contributed by atoms with van der Waals surface area (Å²) in [7, 11) is -3.31. The van der Waals surface area contributed by atoms with E-state index in [1.807, 2.05) is 19.1 Å². The summed E-state index contributed by atoms with van der Waals surface area (Å²) < 4.78 is 25.2. The summed E-state index contributed by atoms with van der Waals surface area (Å²) in [4.78, 5) is 18.6. The highest BCUT2D eigenvalue weighted by molar-refractivity contribution is 7.92. The van der Waals surface area contributed by atoms with Gasteiger partial charge in [0.1, 0.15) is 0 Å². The Kier molecular flexibility index (Phi) is 7.26. The Labute approximate surface area is 195 Å². The molecule has 1 aromatic heterocycles. The third kappa shape index (κ3) is 6.53. The fraction of sp³-hybridized carbons (Fsp3) is 0.545. The molecule has 0 radical (unpaired) electrons. The van der Waals surface area contributed by atoms with Crippen LogP contribution in [0.1, 0.15) is 51.0 Å². The van der Waals surface area contributed by atoms with Crippen molar-refractivity contribution in [2.45, 2.75) is 45.4 Å². The predicted octanol–water partition coefficient (Wildman–Crippen LogP) is 3.06. The van der Waals surface area contributed by atoms with Crippen LogP contribution in [0.15, 0.2) is 29.4 Å². The standard InChI is InChI=1S/C22H32N8O2S/c1-17(18-9-11-19(12-10-18)28-33(2,31)32)26-27-20-23-21(29-13-5-3-6-14-29)25-22(24-20)30-15-7-4-8-16-30/h9-12,28H,3-8,13-16H2,1-2H3,(H,23,24,25,27). The molecule has 1 aromatic carbocycles. The van der Waals surface area contributed by atoms with Gasteiger partial charge in [-0.15, -0.1) is 0 Å². The summed E-state index contributed by atoms with van der Waals surface area (Å²) in [6.07, 6.45) is 8.21. The van der Waals surface area contributed by atoms with E-state index < -0.39 is 10.0 Å². The number of hydrogen-bond acceptors (Lipinski definition) is 9. The molecule has 33 heavy (non-hydrogen) atoms. The summed E-state index contributed by atoms with van der Waals surface area (Å²) in [5.41, 5.74) is 5.13. The van der Waals surface area contributed by atoms with Gasteiger partial charge in [0.2, 0.25) is 27.9 Å². The lowest BCUT2D eigenvalue weighted by molar-refractivity contribution is 0.556. The van der Waals surface area contributed by atoms with E-state index in [0.717, 1.165) is 69.4 Å². The molecule has 0 amide bonds. The van der Waals surface area contributed by atoms with Crippen molar-refractivity contribution in [3.05, 3.63) is 29.8 Å². The summed E-state index contributed by atoms with van der Waals surface area (Å²) in [6, 6.07) is 7.06. The van der Waals surface area contributed by atoms with E-state index in [-0.39, 0.29) is 0 Å². The molecule has 0 bridgehead atoms. The van der Waals surface area contributed by atoms with Gasteiger partial charge in [0, 0.05) is 31.9 Å². The topological polar surface area (TPSA) is 116 Å². The average molecular weight is 473 g/mol. The first-order valence-electron chi connectivity index (χ1n) is 11.5. The van der Waals surface area contributed by atoms with Crippen LogP contribution >= 0.6 is 0 Å². The van der Waals surface area contributed by atoms with Crippen LogP contribution in [0, 0.1) is 0 Å². The first-order valence-corrected chi connectivity index (χ1v) is 13.4. The monoisotopic (exact) mass is 472 g/mol. The molecule has 2 aromatic rings. The molecule has 3 heterocycles. The molecule has 2 aliphatic rings. The zero-order chi connectivity index (χ0) is 23.3. The highest BCUT2D eigenvalue weighted by atomic mass is 32.2. The third-order valence-corrected chi connectivity index (χ3v) is 6.43. The summed E-state index contributed by atoms with van der Waals surface area (Å²) in [5.74, 6) is 1.84. The Morgan fingerprint density at radius 3 is 1.85 bits per heavy atom. The van der Waals surface area contributed by atoms with Gasteiger partial charge in [-0.05, 0) is 63.1 Å². The molecule has 0 aliphatic carbocycles. The van der Waals surface area contributed by atoms with Crippen LogP contribution in [-0.4, -0.2) is 61.5 Å². The van der Waals surface area contributed by atoms with Gasteiger partial charge >= 0.3 is 0 Å². The van der Waals surface area contributed by atoms with Crippen LogP contribution in [-0.2, 0) is 10.0 Å². The van der Waals surface area contributed by atoms with Gasteiger partial charge in [0.05, 0.1) is 12.0 Å². The van der Waals surface area contributed by atoms with Gasteiger partial charge in [-0.3, -0.25) is 4.72 Å². The van der Waals surface area contributed by atoms with Crippen LogP contribution in [0.4, 0.5) is 23.5 Å². The molecule has 0 atom stereocenters. The number of hydrazone groups is 1. The minimum Gasteiger partial charge on any atom is -0.341 e. The number of hydrogen-bond donors (Lipinski definition) is 2. The molecule has 2 N–H and O–H groups in total. The van der Waals surface area contributed by atoms with Crippen molar-refractivity contribution in [3.63, 3.8) is 0 Å². The smallest absolute Gasteiger partial charge is 0.250 e. The number of nitrogens with one attached hydrogen (secondary N) is 2. The number of nitrogens with zero attached hydrogens (tertiary/aromatic N) is 6. The zero-order valence-electron chi connectivity index (χ0n) is 19.3. The highest BCUT2D eigenvalue weighted by Gasteiger charge is 2.20. The molecular weight excluding hydrogens is 440 g/mol. The molecule has 0 spiro atoms. The largest absolute Gasteiger partial charge is 0.341 e. The molecule has 2 aliphatic heterocycles. The molecule has 11 heteroatoms. The number of benzene rings is 1. The number of anilines is 4. The van der Waals surface area contributed by atoms with Gasteiger partial charge < -0.3 is 9.80 Å². The molecular formula is C22H32N8O2S. The fourth-order valence-corrected chi connectivity index (χ4v) is 4.63. The Morgan fingerprint density at radius 2 is 1.36 bits per heavy atom. The maximum Gasteiger partial charge on any atom is 0.250 e. The van der Waals surface area contributed by atoms with Crippen molar-refractivity contribution in [1.29, 1.82) is 0 Å². The summed E-state index contributed by atoms with van der Waals surface area (Å²) >= 11 is 0. The Morgan fingerprint density at radius 1 is 0.848 bits per heavy atom. The van der Waals surface area contributed by atoms with Crippen LogP contribution in [0.2, 0.25) is 0 Å². The van der Waals surface area contributed by atoms with Crippen LogP contribution in [0.3, 0.4) is 0 Å². The maximum atomic E-state index is 11.4. The lowest BCUT2D eigenvalue weighted by Gasteiger charge is -2.30. The predicted molar refractivity (Wildman–Crippen MR) is 133 cm³/mol. The van der Waals surface area contributed by atoms with Crippen LogP contribution in [0.5, 0.6) is 0 Å². The van der Waals surface area contributed by atoms with Crippen molar-refractivity contribution in [2.24, 2.45) is 5.10 Å². The van der Waals surface area contributed by atoms with E-state index in [0.29, 0.717) is 23.5 Å². The Balaban J connectivity index is 1.53. The molecule has 2 fully saturated rings. The normalized spacial score (nSPS) is 17.7. The van der Waals surface area contributed by atoms with E-state index in [4.69, 9.17) is 4.98 Å². The van der Waals surface area contributed by atoms with Gasteiger partial charge in [0.15, 0.2) is 0 Å². The number of sulfonamides is 1. The van der Waals surface area contributed by atoms with E-state index in [2.05, 4.69) is 35.0 Å². The van der Waals surface area contributed by atoms with E-state index in [1.54, 1.807) is 12.1 Å². The van der Waals surface area contributed by atoms with Crippen molar-refractivity contribution >= 4 is 39.3 Å². The van der Waals surface area contributed by atoms with Crippen molar-refractivity contribution in [2.75, 3.05) is 52.4 Å². The number of aromatic nitrogens is 3. The van der Waals surface area contributed by atoms with Crippen molar-refractivity contribution < 1.29 is 8.42 Å².